The van der Waals surface area contributed by atoms with Gasteiger partial charge in [0.2, 0.25) is 0 Å². The van der Waals surface area contributed by atoms with Crippen LogP contribution < -0.4 is 9.64 Å². The van der Waals surface area contributed by atoms with Crippen molar-refractivity contribution >= 4 is 23.3 Å². The second-order valence-electron chi connectivity index (χ2n) is 4.66. The minimum Gasteiger partial charge on any atom is -0.495 e. The van der Waals surface area contributed by atoms with Crippen molar-refractivity contribution in [3.8, 4) is 5.75 Å². The van der Waals surface area contributed by atoms with Crippen LogP contribution in [0.2, 0.25) is 5.02 Å². The third kappa shape index (κ3) is 5.29. The van der Waals surface area contributed by atoms with E-state index >= 15 is 0 Å². The van der Waals surface area contributed by atoms with Gasteiger partial charge in [-0.05, 0) is 24.6 Å². The van der Waals surface area contributed by atoms with Gasteiger partial charge in [0.25, 0.3) is 0 Å². The summed E-state index contributed by atoms with van der Waals surface area (Å²) < 4.78 is 5.13. The summed E-state index contributed by atoms with van der Waals surface area (Å²) in [6.45, 7) is 3.47. The lowest BCUT2D eigenvalue weighted by atomic mass is 10.2. The topological polar surface area (TPSA) is 49.8 Å². The molecule has 1 N–H and O–H groups in total. The minimum atomic E-state index is -0.787. The molecule has 5 heteroatoms. The first-order chi connectivity index (χ1) is 9.58. The van der Waals surface area contributed by atoms with Crippen molar-refractivity contribution in [2.75, 3.05) is 25.1 Å². The van der Waals surface area contributed by atoms with Gasteiger partial charge in [-0.1, -0.05) is 31.4 Å². The van der Waals surface area contributed by atoms with Crippen LogP contribution in [0.3, 0.4) is 0 Å². The molecule has 0 fully saturated rings. The van der Waals surface area contributed by atoms with Gasteiger partial charge in [-0.25, -0.2) is 0 Å². The highest BCUT2D eigenvalue weighted by Crippen LogP contribution is 2.29. The molecule has 1 aromatic carbocycles. The number of methoxy groups -OCH3 is 1. The molecule has 0 radical (unpaired) electrons. The quantitative estimate of drug-likeness (QED) is 0.704. The number of rotatable bonds is 9. The highest BCUT2D eigenvalue weighted by Gasteiger charge is 2.11. The number of benzene rings is 1. The maximum atomic E-state index is 10.8. The molecular weight excluding hydrogens is 278 g/mol. The Morgan fingerprint density at radius 2 is 2.10 bits per heavy atom. The van der Waals surface area contributed by atoms with E-state index in [9.17, 15) is 4.79 Å². The SMILES string of the molecule is CCCCCN(CCC(=O)O)c1ccc(OC)c(Cl)c1. The molecule has 112 valence electrons. The van der Waals surface area contributed by atoms with Crippen LogP contribution in [0, 0.1) is 0 Å². The average molecular weight is 300 g/mol. The van der Waals surface area contributed by atoms with Gasteiger partial charge >= 0.3 is 5.97 Å². The van der Waals surface area contributed by atoms with Gasteiger partial charge in [0.1, 0.15) is 5.75 Å². The molecule has 0 bridgehead atoms. The second-order valence-corrected chi connectivity index (χ2v) is 5.06. The molecular formula is C15H22ClNO3. The van der Waals surface area contributed by atoms with Crippen LogP contribution in [-0.2, 0) is 4.79 Å². The summed E-state index contributed by atoms with van der Waals surface area (Å²) >= 11 is 6.13. The fourth-order valence-corrected chi connectivity index (χ4v) is 2.26. The van der Waals surface area contributed by atoms with E-state index in [0.29, 0.717) is 17.3 Å². The number of nitrogens with zero attached hydrogens (tertiary/aromatic N) is 1. The Kier molecular flexibility index (Phi) is 7.23. The molecule has 0 aromatic heterocycles. The van der Waals surface area contributed by atoms with Gasteiger partial charge in [-0.15, -0.1) is 0 Å². The predicted octanol–water partition coefficient (Wildman–Crippen LogP) is 3.82. The summed E-state index contributed by atoms with van der Waals surface area (Å²) in [6, 6.07) is 5.55. The van der Waals surface area contributed by atoms with Crippen molar-refractivity contribution < 1.29 is 14.6 Å². The number of carboxylic acid groups (broad SMARTS) is 1. The number of ether oxygens (including phenoxy) is 1. The Morgan fingerprint density at radius 1 is 1.35 bits per heavy atom. The monoisotopic (exact) mass is 299 g/mol. The lowest BCUT2D eigenvalue weighted by Crippen LogP contribution is -2.27. The van der Waals surface area contributed by atoms with E-state index in [4.69, 9.17) is 21.4 Å². The third-order valence-corrected chi connectivity index (χ3v) is 3.42. The van der Waals surface area contributed by atoms with Crippen molar-refractivity contribution in [2.45, 2.75) is 32.6 Å². The Hall–Kier alpha value is -1.42. The van der Waals surface area contributed by atoms with Crippen molar-refractivity contribution in [3.05, 3.63) is 23.2 Å². The lowest BCUT2D eigenvalue weighted by Gasteiger charge is -2.24. The third-order valence-electron chi connectivity index (χ3n) is 3.13. The molecule has 0 aliphatic heterocycles. The summed E-state index contributed by atoms with van der Waals surface area (Å²) in [4.78, 5) is 12.8. The van der Waals surface area contributed by atoms with Crippen LogP contribution in [-0.4, -0.2) is 31.3 Å². The lowest BCUT2D eigenvalue weighted by molar-refractivity contribution is -0.136. The number of halogens is 1. The molecule has 0 spiro atoms. The number of unbranched alkanes of at least 4 members (excludes halogenated alkanes) is 2. The number of carbonyl (C=O) groups is 1. The van der Waals surface area contributed by atoms with Crippen LogP contribution in [0.1, 0.15) is 32.6 Å². The zero-order chi connectivity index (χ0) is 15.0. The maximum absolute atomic E-state index is 10.8. The van der Waals surface area contributed by atoms with E-state index < -0.39 is 5.97 Å². The van der Waals surface area contributed by atoms with Crippen LogP contribution in [0.5, 0.6) is 5.75 Å². The van der Waals surface area contributed by atoms with E-state index in [1.54, 1.807) is 7.11 Å². The Bertz CT molecular complexity index is 437. The number of hydrogen-bond donors (Lipinski definition) is 1. The summed E-state index contributed by atoms with van der Waals surface area (Å²) in [5, 5.41) is 9.39. The largest absolute Gasteiger partial charge is 0.495 e. The van der Waals surface area contributed by atoms with Gasteiger partial charge in [0.05, 0.1) is 18.6 Å². The van der Waals surface area contributed by atoms with E-state index in [1.807, 2.05) is 18.2 Å². The zero-order valence-corrected chi connectivity index (χ0v) is 12.8. The molecule has 0 amide bonds. The molecule has 0 atom stereocenters. The number of carboxylic acids is 1. The van der Waals surface area contributed by atoms with Gasteiger partial charge < -0.3 is 14.7 Å². The predicted molar refractivity (Wildman–Crippen MR) is 82.0 cm³/mol. The van der Waals surface area contributed by atoms with Gasteiger partial charge in [0.15, 0.2) is 0 Å². The zero-order valence-electron chi connectivity index (χ0n) is 12.1. The summed E-state index contributed by atoms with van der Waals surface area (Å²) in [5.74, 6) is -0.160. The maximum Gasteiger partial charge on any atom is 0.305 e. The molecule has 0 aliphatic carbocycles. The molecule has 0 heterocycles. The van der Waals surface area contributed by atoms with Crippen LogP contribution in [0.15, 0.2) is 18.2 Å². The van der Waals surface area contributed by atoms with Crippen LogP contribution in [0.4, 0.5) is 5.69 Å². The van der Waals surface area contributed by atoms with E-state index in [1.165, 1.54) is 0 Å². The number of anilines is 1. The molecule has 0 saturated heterocycles. The molecule has 1 rings (SSSR count). The smallest absolute Gasteiger partial charge is 0.305 e. The Balaban J connectivity index is 2.79. The van der Waals surface area contributed by atoms with E-state index in [-0.39, 0.29) is 6.42 Å². The van der Waals surface area contributed by atoms with Gasteiger partial charge in [-0.2, -0.15) is 0 Å². The Labute approximate surface area is 125 Å². The molecule has 0 unspecified atom stereocenters. The average Bonchev–Trinajstić information content (AvgIpc) is 2.42. The highest BCUT2D eigenvalue weighted by molar-refractivity contribution is 6.32. The normalized spacial score (nSPS) is 10.3. The molecule has 4 nitrogen and oxygen atoms in total. The second kappa shape index (κ2) is 8.69. The Morgan fingerprint density at radius 3 is 2.65 bits per heavy atom. The number of hydrogen-bond acceptors (Lipinski definition) is 3. The summed E-state index contributed by atoms with van der Waals surface area (Å²) in [5.41, 5.74) is 0.938. The van der Waals surface area contributed by atoms with Crippen molar-refractivity contribution in [1.82, 2.24) is 0 Å². The highest BCUT2D eigenvalue weighted by atomic mass is 35.5. The van der Waals surface area contributed by atoms with E-state index in [2.05, 4.69) is 11.8 Å². The van der Waals surface area contributed by atoms with E-state index in [0.717, 1.165) is 31.5 Å². The summed E-state index contributed by atoms with van der Waals surface area (Å²) in [7, 11) is 1.57. The molecule has 20 heavy (non-hydrogen) atoms. The van der Waals surface area contributed by atoms with Crippen molar-refractivity contribution in [2.24, 2.45) is 0 Å². The fraction of sp³-hybridized carbons (Fsp3) is 0.533. The van der Waals surface area contributed by atoms with Gasteiger partial charge in [-0.3, -0.25) is 4.79 Å². The molecule has 1 aromatic rings. The fourth-order valence-electron chi connectivity index (χ4n) is 2.01. The first-order valence-corrected chi connectivity index (χ1v) is 7.26. The van der Waals surface area contributed by atoms with Crippen molar-refractivity contribution in [3.63, 3.8) is 0 Å². The van der Waals surface area contributed by atoms with Crippen LogP contribution in [0.25, 0.3) is 0 Å². The molecule has 0 aliphatic rings. The minimum absolute atomic E-state index is 0.121. The van der Waals surface area contributed by atoms with Crippen molar-refractivity contribution in [1.29, 1.82) is 0 Å². The first-order valence-electron chi connectivity index (χ1n) is 6.88. The number of aliphatic carboxylic acids is 1. The molecule has 0 saturated carbocycles. The van der Waals surface area contributed by atoms with Crippen LogP contribution >= 0.6 is 11.6 Å². The standard InChI is InChI=1S/C15H22ClNO3/c1-3-4-5-9-17(10-8-15(18)19)12-6-7-14(20-2)13(16)11-12/h6-7,11H,3-5,8-10H2,1-2H3,(H,18,19). The summed E-state index contributed by atoms with van der Waals surface area (Å²) in [6.07, 6.45) is 3.43. The first kappa shape index (κ1) is 16.6. The van der Waals surface area contributed by atoms with Gasteiger partial charge in [0, 0.05) is 18.8 Å².